The first-order chi connectivity index (χ1) is 19.8. The fourth-order valence-electron chi connectivity index (χ4n) is 5.13. The van der Waals surface area contributed by atoms with E-state index in [0.29, 0.717) is 6.54 Å². The summed E-state index contributed by atoms with van der Waals surface area (Å²) in [4.78, 5) is 25.9. The van der Waals surface area contributed by atoms with Crippen LogP contribution in [-0.2, 0) is 27.2 Å². The van der Waals surface area contributed by atoms with Crippen LogP contribution in [0, 0.1) is 13.8 Å². The third-order valence-corrected chi connectivity index (χ3v) is 7.91. The van der Waals surface area contributed by atoms with Crippen LogP contribution in [-0.4, -0.2) is 59.4 Å². The molecule has 0 aliphatic carbocycles. The molecule has 0 spiro atoms. The second-order valence-electron chi connectivity index (χ2n) is 11.3. The average molecular weight is 562 g/mol. The first-order valence-corrected chi connectivity index (χ1v) is 15.1. The summed E-state index contributed by atoms with van der Waals surface area (Å²) in [5.41, 5.74) is 5.31. The molecule has 3 aromatic carbocycles. The molecule has 2 atom stereocenters. The number of hydrogen-bond donors (Lipinski definition) is 2. The number of hydrogen-bond acceptors (Lipinski definition) is 4. The van der Waals surface area contributed by atoms with E-state index in [1.165, 1.54) is 37.9 Å². The van der Waals surface area contributed by atoms with Crippen LogP contribution >= 0.6 is 0 Å². The largest absolute Gasteiger partial charge is 0.479 e. The van der Waals surface area contributed by atoms with E-state index < -0.39 is 24.1 Å². The van der Waals surface area contributed by atoms with Crippen molar-refractivity contribution in [2.24, 2.45) is 0 Å². The highest BCUT2D eigenvalue weighted by atomic mass is 16.5. The summed E-state index contributed by atoms with van der Waals surface area (Å²) in [5, 5.41) is 22.0. The molecule has 0 heterocycles. The molecule has 1 amide bonds. The van der Waals surface area contributed by atoms with Crippen LogP contribution in [0.1, 0.15) is 73.6 Å². The van der Waals surface area contributed by atoms with E-state index in [-0.39, 0.29) is 6.61 Å². The molecule has 3 rings (SSSR count). The Hall–Kier alpha value is -3.22. The van der Waals surface area contributed by atoms with E-state index >= 15 is 0 Å². The Morgan fingerprint density at radius 3 is 2.07 bits per heavy atom. The Balaban J connectivity index is 1.32. The monoisotopic (exact) mass is 561 g/mol. The van der Waals surface area contributed by atoms with Gasteiger partial charge in [-0.2, -0.15) is 0 Å². The maximum Gasteiger partial charge on any atom is 0.335 e. The zero-order chi connectivity index (χ0) is 29.6. The molecule has 222 valence electrons. The van der Waals surface area contributed by atoms with Crippen molar-refractivity contribution >= 4 is 22.6 Å². The number of unbranched alkanes of at least 4 members (excludes halogenated alkanes) is 6. The van der Waals surface area contributed by atoms with E-state index in [0.717, 1.165) is 64.2 Å². The van der Waals surface area contributed by atoms with Crippen molar-refractivity contribution in [1.82, 2.24) is 4.90 Å². The predicted molar refractivity (Wildman–Crippen MR) is 165 cm³/mol. The minimum absolute atomic E-state index is 0.248. The van der Waals surface area contributed by atoms with Gasteiger partial charge in [0.15, 0.2) is 12.2 Å². The van der Waals surface area contributed by atoms with Gasteiger partial charge < -0.3 is 19.8 Å². The van der Waals surface area contributed by atoms with Crippen molar-refractivity contribution in [2.45, 2.75) is 90.3 Å². The number of aliphatic hydroxyl groups is 1. The number of likely N-dealkylation sites (N-methyl/N-ethyl adjacent to an activating group) is 1. The van der Waals surface area contributed by atoms with Crippen LogP contribution < -0.4 is 0 Å². The number of rotatable bonds is 18. The Morgan fingerprint density at radius 1 is 0.756 bits per heavy atom. The molecule has 0 bridgehead atoms. The van der Waals surface area contributed by atoms with Crippen LogP contribution in [0.15, 0.2) is 60.7 Å². The number of amides is 1. The van der Waals surface area contributed by atoms with Crippen LogP contribution in [0.2, 0.25) is 0 Å². The molecule has 2 N–H and O–H groups in total. The van der Waals surface area contributed by atoms with Gasteiger partial charge in [0.25, 0.3) is 5.91 Å². The number of carboxylic acid groups (broad SMARTS) is 1. The molecule has 6 nitrogen and oxygen atoms in total. The van der Waals surface area contributed by atoms with Gasteiger partial charge >= 0.3 is 5.97 Å². The molecule has 0 aromatic heterocycles. The summed E-state index contributed by atoms with van der Waals surface area (Å²) in [7, 11) is 1.64. The molecular weight excluding hydrogens is 514 g/mol. The quantitative estimate of drug-likeness (QED) is 0.170. The van der Waals surface area contributed by atoms with Crippen LogP contribution in [0.3, 0.4) is 0 Å². The first-order valence-electron chi connectivity index (χ1n) is 15.1. The zero-order valence-corrected chi connectivity index (χ0v) is 25.0. The molecule has 2 unspecified atom stereocenters. The number of nitrogens with zero attached hydrogens (tertiary/aromatic N) is 1. The minimum atomic E-state index is -1.88. The van der Waals surface area contributed by atoms with Crippen molar-refractivity contribution in [3.63, 3.8) is 0 Å². The number of fused-ring (bicyclic) bond motifs is 1. The molecule has 0 aliphatic heterocycles. The molecule has 0 aliphatic rings. The van der Waals surface area contributed by atoms with Gasteiger partial charge in [0.1, 0.15) is 0 Å². The molecule has 0 fully saturated rings. The van der Waals surface area contributed by atoms with Gasteiger partial charge in [-0.05, 0) is 85.4 Å². The van der Waals surface area contributed by atoms with E-state index in [1.54, 1.807) is 7.05 Å². The molecule has 3 aromatic rings. The Labute approximate surface area is 245 Å². The van der Waals surface area contributed by atoms with Crippen LogP contribution in [0.4, 0.5) is 0 Å². The van der Waals surface area contributed by atoms with E-state index in [9.17, 15) is 19.8 Å². The Morgan fingerprint density at radius 2 is 1.37 bits per heavy atom. The summed E-state index contributed by atoms with van der Waals surface area (Å²) in [6, 6.07) is 21.5. The lowest BCUT2D eigenvalue weighted by atomic mass is 10.0. The minimum Gasteiger partial charge on any atom is -0.479 e. The number of carboxylic acids is 1. The highest BCUT2D eigenvalue weighted by Gasteiger charge is 2.34. The highest BCUT2D eigenvalue weighted by molar-refractivity contribution is 5.87. The van der Waals surface area contributed by atoms with Crippen molar-refractivity contribution < 1.29 is 24.5 Å². The number of ether oxygens (including phenoxy) is 1. The van der Waals surface area contributed by atoms with Gasteiger partial charge in [0.2, 0.25) is 0 Å². The highest BCUT2D eigenvalue weighted by Crippen LogP contribution is 2.18. The number of carbonyl (C=O) groups is 2. The van der Waals surface area contributed by atoms with Gasteiger partial charge in [-0.3, -0.25) is 4.79 Å². The van der Waals surface area contributed by atoms with Crippen molar-refractivity contribution in [2.75, 3.05) is 20.2 Å². The van der Waals surface area contributed by atoms with Gasteiger partial charge in [-0.1, -0.05) is 86.3 Å². The summed E-state index contributed by atoms with van der Waals surface area (Å²) >= 11 is 0. The smallest absolute Gasteiger partial charge is 0.335 e. The third-order valence-electron chi connectivity index (χ3n) is 7.91. The maximum atomic E-state index is 13.0. The summed E-state index contributed by atoms with van der Waals surface area (Å²) < 4.78 is 5.65. The van der Waals surface area contributed by atoms with Crippen molar-refractivity contribution in [3.8, 4) is 0 Å². The standard InChI is InChI=1S/C35H47NO5/c1-26-18-19-28(24-27(26)2)14-8-5-4-6-13-23-41-33(32(37)35(39)40)34(38)36(3)22-12-7-9-15-29-20-21-30-16-10-11-17-31(30)25-29/h10-11,16-21,24-25,32-33,37H,4-9,12-15,22-23H2,1-3H3,(H,39,40). The fourth-order valence-corrected chi connectivity index (χ4v) is 5.13. The summed E-state index contributed by atoms with van der Waals surface area (Å²) in [6.07, 6.45) is 6.45. The SMILES string of the molecule is Cc1ccc(CCCCCCCOC(C(=O)N(C)CCCCCc2ccc3ccccc3c2)C(O)C(=O)O)cc1C. The van der Waals surface area contributed by atoms with Gasteiger partial charge in [0, 0.05) is 20.2 Å². The number of carbonyl (C=O) groups excluding carboxylic acids is 1. The Kier molecular flexibility index (Phi) is 13.3. The molecule has 0 saturated heterocycles. The number of benzene rings is 3. The Bertz CT molecular complexity index is 1260. The number of aliphatic carboxylic acids is 1. The predicted octanol–water partition coefficient (Wildman–Crippen LogP) is 6.65. The van der Waals surface area contributed by atoms with E-state index in [2.05, 4.69) is 62.4 Å². The molecular formula is C35H47NO5. The molecule has 41 heavy (non-hydrogen) atoms. The lowest BCUT2D eigenvalue weighted by Crippen LogP contribution is -2.48. The zero-order valence-electron chi connectivity index (χ0n) is 25.0. The number of aryl methyl sites for hydroxylation is 4. The van der Waals surface area contributed by atoms with Crippen LogP contribution in [0.25, 0.3) is 10.8 Å². The molecule has 0 saturated carbocycles. The van der Waals surface area contributed by atoms with Crippen LogP contribution in [0.5, 0.6) is 0 Å². The van der Waals surface area contributed by atoms with E-state index in [1.807, 2.05) is 12.1 Å². The molecule has 0 radical (unpaired) electrons. The fraction of sp³-hybridized carbons (Fsp3) is 0.486. The van der Waals surface area contributed by atoms with Crippen molar-refractivity contribution in [3.05, 3.63) is 82.9 Å². The third kappa shape index (κ3) is 10.6. The summed E-state index contributed by atoms with van der Waals surface area (Å²) in [6.45, 7) is 5.01. The number of aliphatic hydroxyl groups excluding tert-OH is 1. The maximum absolute atomic E-state index is 13.0. The normalized spacial score (nSPS) is 12.8. The van der Waals surface area contributed by atoms with Crippen molar-refractivity contribution in [1.29, 1.82) is 0 Å². The average Bonchev–Trinajstić information content (AvgIpc) is 2.97. The lowest BCUT2D eigenvalue weighted by Gasteiger charge is -2.25. The summed E-state index contributed by atoms with van der Waals surface area (Å²) in [5.74, 6) is -1.93. The lowest BCUT2D eigenvalue weighted by molar-refractivity contribution is -0.166. The topological polar surface area (TPSA) is 87.1 Å². The second kappa shape index (κ2) is 16.9. The van der Waals surface area contributed by atoms with Gasteiger partial charge in [-0.15, -0.1) is 0 Å². The second-order valence-corrected chi connectivity index (χ2v) is 11.3. The van der Waals surface area contributed by atoms with Gasteiger partial charge in [0.05, 0.1) is 0 Å². The molecule has 6 heteroatoms. The van der Waals surface area contributed by atoms with Gasteiger partial charge in [-0.25, -0.2) is 4.79 Å². The first kappa shape index (κ1) is 32.3. The van der Waals surface area contributed by atoms with E-state index in [4.69, 9.17) is 4.74 Å².